The molecule has 1 radical (unpaired) electrons. The summed E-state index contributed by atoms with van der Waals surface area (Å²) in [7, 11) is 0. The zero-order valence-corrected chi connectivity index (χ0v) is 9.01. The van der Waals surface area contributed by atoms with E-state index >= 15 is 0 Å². The standard InChI is InChI=1S/C16H13/c1-14(16-10-6-3-7-11-16)12-13-15-8-4-2-5-9-15/h1-13H/b13-12-,14-1?. The van der Waals surface area contributed by atoms with E-state index in [0.29, 0.717) is 0 Å². The second-order valence-electron chi connectivity index (χ2n) is 3.57. The van der Waals surface area contributed by atoms with Crippen LogP contribution in [0.5, 0.6) is 0 Å². The van der Waals surface area contributed by atoms with E-state index in [0.717, 1.165) is 16.7 Å². The lowest BCUT2D eigenvalue weighted by Gasteiger charge is -1.98. The van der Waals surface area contributed by atoms with Crippen LogP contribution in [-0.4, -0.2) is 0 Å². The van der Waals surface area contributed by atoms with Gasteiger partial charge in [0.1, 0.15) is 0 Å². The van der Waals surface area contributed by atoms with Crippen molar-refractivity contribution in [1.82, 2.24) is 0 Å². The van der Waals surface area contributed by atoms with Crippen LogP contribution >= 0.6 is 0 Å². The molecule has 2 aromatic rings. The molecule has 0 aliphatic heterocycles. The summed E-state index contributed by atoms with van der Waals surface area (Å²) in [6.07, 6.45) is 3.95. The van der Waals surface area contributed by atoms with Gasteiger partial charge in [-0.15, -0.1) is 0 Å². The summed E-state index contributed by atoms with van der Waals surface area (Å²) in [6.45, 7) is 5.97. The summed E-state index contributed by atoms with van der Waals surface area (Å²) < 4.78 is 0. The highest BCUT2D eigenvalue weighted by Crippen LogP contribution is 2.14. The van der Waals surface area contributed by atoms with Crippen molar-refractivity contribution in [3.63, 3.8) is 0 Å². The van der Waals surface area contributed by atoms with Gasteiger partial charge in [0, 0.05) is 0 Å². The Balaban J connectivity index is 2.12. The molecule has 0 N–H and O–H groups in total. The maximum atomic E-state index is 5.97. The summed E-state index contributed by atoms with van der Waals surface area (Å²) in [5, 5.41) is 0. The van der Waals surface area contributed by atoms with E-state index in [9.17, 15) is 0 Å². The third kappa shape index (κ3) is 2.71. The highest BCUT2D eigenvalue weighted by atomic mass is 14.0. The van der Waals surface area contributed by atoms with Crippen LogP contribution in [0.4, 0.5) is 0 Å². The van der Waals surface area contributed by atoms with Gasteiger partial charge in [0.2, 0.25) is 0 Å². The lowest BCUT2D eigenvalue weighted by molar-refractivity contribution is 1.62. The van der Waals surface area contributed by atoms with Crippen LogP contribution in [0.25, 0.3) is 11.6 Å². The fourth-order valence-corrected chi connectivity index (χ4v) is 1.48. The van der Waals surface area contributed by atoms with Gasteiger partial charge in [-0.1, -0.05) is 79.4 Å². The molecule has 2 rings (SSSR count). The van der Waals surface area contributed by atoms with Crippen LogP contribution in [0.1, 0.15) is 11.1 Å². The second-order valence-corrected chi connectivity index (χ2v) is 3.57. The van der Waals surface area contributed by atoms with Gasteiger partial charge in [0.05, 0.1) is 0 Å². The highest BCUT2D eigenvalue weighted by molar-refractivity contribution is 5.76. The molecule has 0 aliphatic carbocycles. The Morgan fingerprint density at radius 3 is 2.00 bits per heavy atom. The topological polar surface area (TPSA) is 0 Å². The zero-order chi connectivity index (χ0) is 11.2. The molecular formula is C16H13. The summed E-state index contributed by atoms with van der Waals surface area (Å²) in [5.74, 6) is 0. The molecule has 0 amide bonds. The van der Waals surface area contributed by atoms with Gasteiger partial charge in [-0.2, -0.15) is 0 Å². The number of allylic oxidation sites excluding steroid dienone is 2. The first-order valence-corrected chi connectivity index (χ1v) is 5.27. The molecular weight excluding hydrogens is 192 g/mol. The van der Waals surface area contributed by atoms with Gasteiger partial charge in [-0.3, -0.25) is 0 Å². The smallest absolute Gasteiger partial charge is 0.0184 e. The lowest BCUT2D eigenvalue weighted by Crippen LogP contribution is -1.77. The molecule has 0 saturated carbocycles. The van der Waals surface area contributed by atoms with Gasteiger partial charge in [-0.05, 0) is 16.7 Å². The Morgan fingerprint density at radius 1 is 0.812 bits per heavy atom. The molecule has 0 atom stereocenters. The van der Waals surface area contributed by atoms with Crippen molar-refractivity contribution in [2.75, 3.05) is 0 Å². The Hall–Kier alpha value is -2.08. The third-order valence-electron chi connectivity index (χ3n) is 2.36. The van der Waals surface area contributed by atoms with Gasteiger partial charge in [0.25, 0.3) is 0 Å². The number of hydrogen-bond acceptors (Lipinski definition) is 0. The molecule has 77 valence electrons. The van der Waals surface area contributed by atoms with E-state index < -0.39 is 0 Å². The van der Waals surface area contributed by atoms with Crippen molar-refractivity contribution in [1.29, 1.82) is 0 Å². The third-order valence-corrected chi connectivity index (χ3v) is 2.36. The minimum atomic E-state index is 0.782. The first kappa shape index (κ1) is 10.4. The van der Waals surface area contributed by atoms with Crippen LogP contribution in [-0.2, 0) is 0 Å². The van der Waals surface area contributed by atoms with Gasteiger partial charge in [0.15, 0.2) is 0 Å². The molecule has 0 aromatic heterocycles. The Morgan fingerprint density at radius 2 is 1.38 bits per heavy atom. The van der Waals surface area contributed by atoms with E-state index in [-0.39, 0.29) is 0 Å². The van der Waals surface area contributed by atoms with Gasteiger partial charge in [-0.25, -0.2) is 0 Å². The first-order valence-electron chi connectivity index (χ1n) is 5.27. The van der Waals surface area contributed by atoms with E-state index in [1.54, 1.807) is 0 Å². The largest absolute Gasteiger partial charge is 0.0622 e. The predicted octanol–water partition coefficient (Wildman–Crippen LogP) is 4.22. The lowest BCUT2D eigenvalue weighted by atomic mass is 10.1. The molecule has 0 bridgehead atoms. The van der Waals surface area contributed by atoms with Crippen LogP contribution in [0, 0.1) is 6.58 Å². The molecule has 16 heavy (non-hydrogen) atoms. The van der Waals surface area contributed by atoms with E-state index in [2.05, 4.69) is 12.1 Å². The molecule has 0 heteroatoms. The van der Waals surface area contributed by atoms with E-state index in [1.807, 2.05) is 60.7 Å². The summed E-state index contributed by atoms with van der Waals surface area (Å²) >= 11 is 0. The van der Waals surface area contributed by atoms with Gasteiger partial charge < -0.3 is 0 Å². The number of hydrogen-bond donors (Lipinski definition) is 0. The predicted molar refractivity (Wildman–Crippen MR) is 69.6 cm³/mol. The SMILES string of the molecule is [CH]=C(/C=C\c1ccccc1)c1ccccc1. The van der Waals surface area contributed by atoms with Crippen molar-refractivity contribution in [3.8, 4) is 0 Å². The van der Waals surface area contributed by atoms with Crippen LogP contribution < -0.4 is 0 Å². The van der Waals surface area contributed by atoms with Gasteiger partial charge >= 0.3 is 0 Å². The average Bonchev–Trinajstić information content (AvgIpc) is 2.38. The highest BCUT2D eigenvalue weighted by Gasteiger charge is 1.92. The molecule has 0 unspecified atom stereocenters. The molecule has 0 saturated heterocycles. The second kappa shape index (κ2) is 5.13. The number of rotatable bonds is 3. The molecule has 0 nitrogen and oxygen atoms in total. The summed E-state index contributed by atoms with van der Waals surface area (Å²) in [6, 6.07) is 20.1. The fourth-order valence-electron chi connectivity index (χ4n) is 1.48. The van der Waals surface area contributed by atoms with Crippen molar-refractivity contribution in [2.24, 2.45) is 0 Å². The fraction of sp³-hybridized carbons (Fsp3) is 0. The molecule has 0 heterocycles. The van der Waals surface area contributed by atoms with Crippen molar-refractivity contribution < 1.29 is 0 Å². The van der Waals surface area contributed by atoms with Crippen molar-refractivity contribution in [2.45, 2.75) is 0 Å². The van der Waals surface area contributed by atoms with E-state index in [4.69, 9.17) is 6.58 Å². The van der Waals surface area contributed by atoms with Crippen molar-refractivity contribution in [3.05, 3.63) is 84.4 Å². The number of benzene rings is 2. The average molecular weight is 205 g/mol. The molecule has 0 aliphatic rings. The molecule has 0 fully saturated rings. The Kier molecular flexibility index (Phi) is 3.35. The van der Waals surface area contributed by atoms with Crippen LogP contribution in [0.3, 0.4) is 0 Å². The maximum Gasteiger partial charge on any atom is -0.0184 e. The Bertz CT molecular complexity index is 478. The quantitative estimate of drug-likeness (QED) is 0.658. The minimum Gasteiger partial charge on any atom is -0.0622 e. The molecule has 0 spiro atoms. The van der Waals surface area contributed by atoms with Crippen molar-refractivity contribution >= 4 is 11.6 Å². The summed E-state index contributed by atoms with van der Waals surface area (Å²) in [5.41, 5.74) is 2.99. The summed E-state index contributed by atoms with van der Waals surface area (Å²) in [4.78, 5) is 0. The first-order chi connectivity index (χ1) is 7.86. The zero-order valence-electron chi connectivity index (χ0n) is 9.01. The van der Waals surface area contributed by atoms with E-state index in [1.165, 1.54) is 0 Å². The monoisotopic (exact) mass is 205 g/mol. The maximum absolute atomic E-state index is 5.97. The molecule has 2 aromatic carbocycles. The van der Waals surface area contributed by atoms with Crippen LogP contribution in [0.15, 0.2) is 66.7 Å². The minimum absolute atomic E-state index is 0.782. The Labute approximate surface area is 96.6 Å². The normalized spacial score (nSPS) is 10.5. The van der Waals surface area contributed by atoms with Crippen LogP contribution in [0.2, 0.25) is 0 Å².